The number of nitrogens with zero attached hydrogens (tertiary/aromatic N) is 3. The summed E-state index contributed by atoms with van der Waals surface area (Å²) in [5.74, 6) is 0. The predicted molar refractivity (Wildman–Crippen MR) is 49.0 cm³/mol. The van der Waals surface area contributed by atoms with Gasteiger partial charge < -0.3 is 5.43 Å². The molecule has 0 atom stereocenters. The van der Waals surface area contributed by atoms with Crippen molar-refractivity contribution in [1.29, 1.82) is 0 Å². The number of hydrogen-bond acceptors (Lipinski definition) is 4. The minimum absolute atomic E-state index is 0.733. The Kier molecular flexibility index (Phi) is 6.37. The average Bonchev–Trinajstić information content (AvgIpc) is 2.01. The second kappa shape index (κ2) is 7.05. The number of hydrogen-bond donors (Lipinski definition) is 1. The molecule has 1 N–H and O–H groups in total. The van der Waals surface area contributed by atoms with Gasteiger partial charge in [-0.2, -0.15) is 10.2 Å². The molecular weight excluding hydrogens is 140 g/mol. The summed E-state index contributed by atoms with van der Waals surface area (Å²) in [6.45, 7) is 2.79. The van der Waals surface area contributed by atoms with Gasteiger partial charge in [0.05, 0.1) is 6.54 Å². The van der Waals surface area contributed by atoms with Crippen LogP contribution in [0.15, 0.2) is 10.2 Å². The Morgan fingerprint density at radius 1 is 1.45 bits per heavy atom. The predicted octanol–water partition coefficient (Wildman–Crippen LogP) is 0.519. The molecular formula is C7H16N4. The molecule has 0 aromatic carbocycles. The van der Waals surface area contributed by atoms with E-state index in [0.29, 0.717) is 0 Å². The first kappa shape index (κ1) is 9.94. The van der Waals surface area contributed by atoms with E-state index in [-0.39, 0.29) is 0 Å². The minimum Gasteiger partial charge on any atom is -0.313 e. The van der Waals surface area contributed by atoms with Crippen LogP contribution in [0.1, 0.15) is 13.3 Å². The summed E-state index contributed by atoms with van der Waals surface area (Å²) < 4.78 is 0. The largest absolute Gasteiger partial charge is 0.313 e. The average molecular weight is 156 g/mol. The van der Waals surface area contributed by atoms with Gasteiger partial charge in [-0.1, -0.05) is 6.92 Å². The van der Waals surface area contributed by atoms with Crippen LogP contribution < -0.4 is 5.43 Å². The van der Waals surface area contributed by atoms with Crippen LogP contribution in [0.2, 0.25) is 0 Å². The molecule has 11 heavy (non-hydrogen) atoms. The molecule has 0 saturated heterocycles. The fourth-order valence-corrected chi connectivity index (χ4v) is 0.518. The fourth-order valence-electron chi connectivity index (χ4n) is 0.518. The number of nitrogens with one attached hydrogen (secondary N) is 1. The van der Waals surface area contributed by atoms with Gasteiger partial charge in [0.25, 0.3) is 0 Å². The van der Waals surface area contributed by atoms with Crippen molar-refractivity contribution in [3.8, 4) is 0 Å². The molecule has 0 bridgehead atoms. The standard InChI is InChI=1S/C7H16N4/c1-4-5-10-11(3)7-6-9-8-2/h5-6,8H,4,7H2,1-3H3/b9-6+,10-5-. The maximum Gasteiger partial charge on any atom is 0.0727 e. The molecule has 0 spiro atoms. The van der Waals surface area contributed by atoms with Crippen LogP contribution in [0, 0.1) is 0 Å². The summed E-state index contributed by atoms with van der Waals surface area (Å²) in [5.41, 5.74) is 2.67. The zero-order chi connectivity index (χ0) is 8.53. The van der Waals surface area contributed by atoms with Gasteiger partial charge in [-0.15, -0.1) is 0 Å². The Balaban J connectivity index is 3.43. The molecule has 0 radical (unpaired) electrons. The highest BCUT2D eigenvalue weighted by Crippen LogP contribution is 1.79. The van der Waals surface area contributed by atoms with Crippen LogP contribution in [0.25, 0.3) is 0 Å². The van der Waals surface area contributed by atoms with E-state index in [1.807, 2.05) is 18.3 Å². The molecule has 0 saturated carbocycles. The van der Waals surface area contributed by atoms with Gasteiger partial charge in [0.2, 0.25) is 0 Å². The number of hydrazone groups is 2. The van der Waals surface area contributed by atoms with Gasteiger partial charge in [-0.3, -0.25) is 5.01 Å². The molecule has 0 fully saturated rings. The summed E-state index contributed by atoms with van der Waals surface area (Å²) in [6, 6.07) is 0. The minimum atomic E-state index is 0.733. The van der Waals surface area contributed by atoms with E-state index in [2.05, 4.69) is 22.6 Å². The molecule has 0 heterocycles. The van der Waals surface area contributed by atoms with Crippen LogP contribution in [0.5, 0.6) is 0 Å². The van der Waals surface area contributed by atoms with Gasteiger partial charge >= 0.3 is 0 Å². The Labute approximate surface area is 68.0 Å². The normalized spacial score (nSPS) is 11.2. The third-order valence-corrected chi connectivity index (χ3v) is 1.03. The zero-order valence-electron chi connectivity index (χ0n) is 7.41. The van der Waals surface area contributed by atoms with E-state index in [9.17, 15) is 0 Å². The molecule has 0 aliphatic heterocycles. The third kappa shape index (κ3) is 6.83. The van der Waals surface area contributed by atoms with Crippen molar-refractivity contribution >= 4 is 12.4 Å². The van der Waals surface area contributed by atoms with E-state index in [1.54, 1.807) is 13.3 Å². The van der Waals surface area contributed by atoms with E-state index in [4.69, 9.17) is 0 Å². The zero-order valence-corrected chi connectivity index (χ0v) is 7.41. The quantitative estimate of drug-likeness (QED) is 0.465. The molecule has 0 amide bonds. The van der Waals surface area contributed by atoms with Crippen molar-refractivity contribution in [3.63, 3.8) is 0 Å². The lowest BCUT2D eigenvalue weighted by molar-refractivity contribution is 0.410. The first-order valence-electron chi connectivity index (χ1n) is 3.73. The molecule has 64 valence electrons. The fraction of sp³-hybridized carbons (Fsp3) is 0.714. The molecule has 4 heteroatoms. The summed E-state index contributed by atoms with van der Waals surface area (Å²) in [6.07, 6.45) is 4.60. The van der Waals surface area contributed by atoms with Crippen LogP contribution in [0.4, 0.5) is 0 Å². The smallest absolute Gasteiger partial charge is 0.0727 e. The lowest BCUT2D eigenvalue weighted by Crippen LogP contribution is -2.14. The first-order valence-corrected chi connectivity index (χ1v) is 3.73. The van der Waals surface area contributed by atoms with E-state index in [1.165, 1.54) is 0 Å². The molecule has 0 aliphatic rings. The molecule has 0 aromatic rings. The van der Waals surface area contributed by atoms with Crippen molar-refractivity contribution in [2.75, 3.05) is 20.6 Å². The second-order valence-corrected chi connectivity index (χ2v) is 2.08. The topological polar surface area (TPSA) is 40.0 Å². The van der Waals surface area contributed by atoms with Gasteiger partial charge in [-0.25, -0.2) is 0 Å². The lowest BCUT2D eigenvalue weighted by Gasteiger charge is -2.07. The monoisotopic (exact) mass is 156 g/mol. The molecule has 4 nitrogen and oxygen atoms in total. The van der Waals surface area contributed by atoms with E-state index >= 15 is 0 Å². The van der Waals surface area contributed by atoms with E-state index in [0.717, 1.165) is 13.0 Å². The maximum atomic E-state index is 4.10. The van der Waals surface area contributed by atoms with Gasteiger partial charge in [-0.05, 0) is 6.42 Å². The summed E-state index contributed by atoms with van der Waals surface area (Å²) >= 11 is 0. The van der Waals surface area contributed by atoms with Crippen molar-refractivity contribution in [1.82, 2.24) is 10.4 Å². The van der Waals surface area contributed by atoms with Crippen LogP contribution in [0.3, 0.4) is 0 Å². The van der Waals surface area contributed by atoms with Crippen molar-refractivity contribution in [2.24, 2.45) is 10.2 Å². The van der Waals surface area contributed by atoms with E-state index < -0.39 is 0 Å². The second-order valence-electron chi connectivity index (χ2n) is 2.08. The Morgan fingerprint density at radius 2 is 2.18 bits per heavy atom. The molecule has 0 rings (SSSR count). The lowest BCUT2D eigenvalue weighted by atomic mass is 10.5. The van der Waals surface area contributed by atoms with Crippen LogP contribution in [-0.2, 0) is 0 Å². The van der Waals surface area contributed by atoms with Gasteiger partial charge in [0, 0.05) is 26.5 Å². The molecule has 0 unspecified atom stereocenters. The van der Waals surface area contributed by atoms with Crippen molar-refractivity contribution < 1.29 is 0 Å². The highest BCUT2D eigenvalue weighted by Gasteiger charge is 1.84. The Bertz CT molecular complexity index is 130. The Morgan fingerprint density at radius 3 is 2.73 bits per heavy atom. The van der Waals surface area contributed by atoms with Gasteiger partial charge in [0.15, 0.2) is 0 Å². The van der Waals surface area contributed by atoms with Gasteiger partial charge in [0.1, 0.15) is 0 Å². The van der Waals surface area contributed by atoms with Crippen LogP contribution in [-0.4, -0.2) is 38.1 Å². The highest BCUT2D eigenvalue weighted by molar-refractivity contribution is 5.60. The third-order valence-electron chi connectivity index (χ3n) is 1.03. The maximum absolute atomic E-state index is 4.10. The molecule has 0 aliphatic carbocycles. The van der Waals surface area contributed by atoms with Crippen LogP contribution >= 0.6 is 0 Å². The Hall–Kier alpha value is -1.06. The summed E-state index contributed by atoms with van der Waals surface area (Å²) in [7, 11) is 3.68. The first-order chi connectivity index (χ1) is 5.31. The highest BCUT2D eigenvalue weighted by atomic mass is 15.4. The van der Waals surface area contributed by atoms with Crippen molar-refractivity contribution in [2.45, 2.75) is 13.3 Å². The summed E-state index contributed by atoms with van der Waals surface area (Å²) in [5, 5.41) is 9.76. The SMILES string of the molecule is CC/C=N\N(C)C/C=N/NC. The number of rotatable bonds is 5. The summed E-state index contributed by atoms with van der Waals surface area (Å²) in [4.78, 5) is 0. The molecule has 0 aromatic heterocycles. The van der Waals surface area contributed by atoms with Crippen molar-refractivity contribution in [3.05, 3.63) is 0 Å².